The fraction of sp³-hybridized carbons (Fsp3) is 0.537. The molecule has 11 rings (SSSR count). The molecule has 1 aromatic heterocycles. The van der Waals surface area contributed by atoms with Gasteiger partial charge in [-0.3, -0.25) is 29.4 Å². The smallest absolute Gasteiger partial charge is 0.411 e. The van der Waals surface area contributed by atoms with E-state index in [4.69, 9.17) is 75.9 Å². The van der Waals surface area contributed by atoms with Crippen LogP contribution in [0.1, 0.15) is 79.9 Å². The number of benzene rings is 3. The van der Waals surface area contributed by atoms with E-state index in [1.54, 1.807) is 46.0 Å². The number of carbonyl (C=O) groups is 5. The number of allylic oxidation sites excluding steroid dienone is 3. The number of hydrogen-bond donors (Lipinski definition) is 9. The molecule has 3 aromatic carbocycles. The summed E-state index contributed by atoms with van der Waals surface area (Å²) in [5.74, 6) is 10.8. The summed E-state index contributed by atoms with van der Waals surface area (Å²) in [6, 6.07) is 20.0. The number of aliphatic hydroxyl groups is 5. The van der Waals surface area contributed by atoms with Crippen LogP contribution >= 0.6 is 55.9 Å². The minimum absolute atomic E-state index is 0.000565. The topological polar surface area (TPSA) is 398 Å². The van der Waals surface area contributed by atoms with Crippen molar-refractivity contribution in [2.45, 2.75) is 180 Å². The molecule has 0 unspecified atom stereocenters. The summed E-state index contributed by atoms with van der Waals surface area (Å²) < 4.78 is 90.9. The lowest BCUT2D eigenvalue weighted by Crippen LogP contribution is -2.65. The van der Waals surface area contributed by atoms with E-state index in [0.29, 0.717) is 20.7 Å². The molecule has 5 heterocycles. The van der Waals surface area contributed by atoms with Crippen LogP contribution in [-0.2, 0) is 71.3 Å². The Hall–Kier alpha value is -7.04. The Bertz CT molecular complexity index is 4320. The predicted molar refractivity (Wildman–Crippen MR) is 440 cm³/mol. The number of rotatable bonds is 35. The van der Waals surface area contributed by atoms with Crippen molar-refractivity contribution < 1.29 is 125 Å². The second kappa shape index (κ2) is 43.6. The first-order chi connectivity index (χ1) is 56.9. The molecule has 7 aliphatic rings. The number of ether oxygens (including phenoxy) is 15. The molecule has 19 atom stereocenters. The zero-order valence-electron chi connectivity index (χ0n) is 66.8. The Labute approximate surface area is 710 Å². The molecular weight excluding hydrogens is 1710 g/mol. The number of aliphatic hydroxyl groups excluding tert-OH is 4. The number of thioether (sulfide) groups is 1. The number of alkyl carbamates (subject to hydrolysis) is 2. The molecule has 4 saturated heterocycles. The van der Waals surface area contributed by atoms with Gasteiger partial charge in [-0.15, -0.1) is 0 Å². The maximum absolute atomic E-state index is 14.6. The van der Waals surface area contributed by atoms with Crippen LogP contribution in [0.2, 0.25) is 0 Å². The largest absolute Gasteiger partial charge is 0.492 e. The number of likely N-dealkylation sites (N-methyl/N-ethyl adjacent to an activating group) is 1. The van der Waals surface area contributed by atoms with Gasteiger partial charge in [0, 0.05) is 69.2 Å². The van der Waals surface area contributed by atoms with E-state index in [0.717, 1.165) is 41.1 Å². The minimum Gasteiger partial charge on any atom is -0.492 e. The molecule has 118 heavy (non-hydrogen) atoms. The number of fused-ring (bicyclic) bond motifs is 5. The molecule has 3 aliphatic carbocycles. The van der Waals surface area contributed by atoms with E-state index < -0.39 is 145 Å². The summed E-state index contributed by atoms with van der Waals surface area (Å²) in [6.07, 6.45) is -14.6. The zero-order chi connectivity index (χ0) is 84.3. The lowest BCUT2D eigenvalue weighted by Gasteiger charge is -2.47. The number of Topliss-reactive ketones (excluding diaryl/α,β-unsaturated/α-hetero) is 1. The number of carbonyl (C=O) groups excluding carboxylic acids is 5. The molecule has 32 nitrogen and oxygen atoms in total. The van der Waals surface area contributed by atoms with Crippen LogP contribution in [0.3, 0.4) is 0 Å². The molecule has 0 saturated carbocycles. The quantitative estimate of drug-likeness (QED) is 0.00867. The zero-order valence-corrected chi connectivity index (χ0v) is 71.4. The highest BCUT2D eigenvalue weighted by atomic mass is 127. The Morgan fingerprint density at radius 2 is 1.46 bits per heavy atom. The first-order valence-corrected chi connectivity index (χ1v) is 42.8. The van der Waals surface area contributed by atoms with Crippen LogP contribution in [0.5, 0.6) is 17.2 Å². The second-order valence-corrected chi connectivity index (χ2v) is 33.0. The number of hydrogen-bond acceptors (Lipinski definition) is 32. The van der Waals surface area contributed by atoms with Crippen molar-refractivity contribution in [2.24, 2.45) is 0 Å². The Kier molecular flexibility index (Phi) is 33.9. The maximum atomic E-state index is 14.6. The molecule has 3 amide bonds. The van der Waals surface area contributed by atoms with Crippen LogP contribution in [0.25, 0.3) is 11.1 Å². The minimum atomic E-state index is -2.17. The third kappa shape index (κ3) is 22.2. The predicted octanol–water partition coefficient (Wildman–Crippen LogP) is 5.77. The molecule has 4 fully saturated rings. The van der Waals surface area contributed by atoms with Crippen LogP contribution < -0.4 is 35.6 Å². The lowest BCUT2D eigenvalue weighted by molar-refractivity contribution is -0.337. The van der Waals surface area contributed by atoms with E-state index in [9.17, 15) is 49.5 Å². The molecule has 0 radical (unpaired) electrons. The molecule has 4 aliphatic heterocycles. The van der Waals surface area contributed by atoms with Gasteiger partial charge in [0.15, 0.2) is 41.8 Å². The normalized spacial score (nSPS) is 29.0. The van der Waals surface area contributed by atoms with Crippen LogP contribution in [0.15, 0.2) is 113 Å². The summed E-state index contributed by atoms with van der Waals surface area (Å²) in [5, 5.41) is 66.7. The third-order valence-corrected chi connectivity index (χ3v) is 25.8. The van der Waals surface area contributed by atoms with Gasteiger partial charge in [-0.25, -0.2) is 14.6 Å². The van der Waals surface area contributed by atoms with Gasteiger partial charge in [0.1, 0.15) is 48.3 Å². The van der Waals surface area contributed by atoms with E-state index >= 15 is 0 Å². The van der Waals surface area contributed by atoms with Crippen molar-refractivity contribution >= 4 is 84.9 Å². The van der Waals surface area contributed by atoms with Crippen molar-refractivity contribution in [2.75, 3.05) is 107 Å². The molecule has 36 heteroatoms. The van der Waals surface area contributed by atoms with Gasteiger partial charge in [-0.2, -0.15) is 5.48 Å². The fourth-order valence-electron chi connectivity index (χ4n) is 14.9. The summed E-state index contributed by atoms with van der Waals surface area (Å²) in [7, 11) is 9.39. The number of nitrogens with one attached hydrogen (secondary N) is 4. The summed E-state index contributed by atoms with van der Waals surface area (Å²) in [5.41, 5.74) is 5.44. The van der Waals surface area contributed by atoms with Gasteiger partial charge in [-0.1, -0.05) is 114 Å². The van der Waals surface area contributed by atoms with Crippen molar-refractivity contribution in [1.29, 1.82) is 0 Å². The van der Waals surface area contributed by atoms with Crippen molar-refractivity contribution in [3.8, 4) is 52.1 Å². The maximum Gasteiger partial charge on any atom is 0.411 e. The highest BCUT2D eigenvalue weighted by molar-refractivity contribution is 14.1. The molecule has 2 bridgehead atoms. The van der Waals surface area contributed by atoms with E-state index in [1.807, 2.05) is 70.8 Å². The summed E-state index contributed by atoms with van der Waals surface area (Å²) in [4.78, 5) is 81.1. The van der Waals surface area contributed by atoms with Gasteiger partial charge in [0.25, 0.3) is 0 Å². The molecule has 9 N–H and O–H groups in total. The number of aromatic nitrogens is 1. The first-order valence-electron chi connectivity index (χ1n) is 38.5. The van der Waals surface area contributed by atoms with E-state index in [1.165, 1.54) is 62.2 Å². The van der Waals surface area contributed by atoms with Crippen molar-refractivity contribution in [3.05, 3.63) is 134 Å². The van der Waals surface area contributed by atoms with Gasteiger partial charge >= 0.3 is 12.2 Å². The third-order valence-electron chi connectivity index (χ3n) is 21.0. The van der Waals surface area contributed by atoms with Crippen LogP contribution in [-0.4, -0.2) is 287 Å². The standard InChI is InChI=1S/C82H101IN6O26S3/c1-11-89(41-59(92)84-31-33-105-35-36-106-34-32-86-80(97)108-42-52-50-24-17-15-22-48(50)49-23-16-18-25-51(49)52)54-43-107-61(39-58(54)100-6)113-74-69(94)66(45(3)110-79(74)112-57-26-14-12-13-20-29-82(99)40-56(91)67(87-81(98)104-10)64(57)53(82)28-37-116-118-60-27-19-21-30-85-60)88-115-62-38-55(90)76(47(5)109-62)117-77(96)63-44(2)65(83)72(75(103-9)71(63)101-7)114-78-70(95)73(102-8)68(93)46(4)111-78/h12-13,15-19,21-25,27-28,30,45-47,52,54-55,57-58,61-62,66,68-70,73-74,76,78-79,88,90,93-95,99H,11,31-43H2,1-10H3,(H,84,92)(H,86,97)(H,87,98)/b13-12?,53-28+/t45-,46+,47-,54+,55+,57+,58+,61+,62+,66-,68+,69+,70-,73-,74-,76-,78+,79+,82+/m1/s1. The SMILES string of the molecule is CCN(CC(=O)NCCOCCOCCNC(=O)OCC1c2ccccc2-c2ccccc21)[C@H]1CO[C@@H](O[C@H]2[C@H](O[C@H]3C#CC=CC#C[C@]4(O)CC(=O)C(NC(=O)OC)=C3/C4=C\CSSc3ccccn3)O[C@H](C)[C@@H](NO[C@H]3C[C@H](O)[C@H](SC(=O)c4c(C)c(I)c(O[C@@H]5O[C@@H](C)[C@H](O)[C@@H](OC)[C@H]5O)c(OC)c4OC)[C@@H](C)O3)[C@@H]2O)C[C@@H]1OC. The van der Waals surface area contributed by atoms with Gasteiger partial charge < -0.3 is 107 Å². The number of ketones is 1. The highest BCUT2D eigenvalue weighted by Crippen LogP contribution is 2.50. The van der Waals surface area contributed by atoms with Gasteiger partial charge in [-0.05, 0) is 120 Å². The fourth-order valence-corrected chi connectivity index (χ4v) is 18.4. The monoisotopic (exact) mass is 1810 g/mol. The Balaban J connectivity index is 0.743. The van der Waals surface area contributed by atoms with E-state index in [2.05, 4.69) is 74.4 Å². The summed E-state index contributed by atoms with van der Waals surface area (Å²) >= 11 is 2.79. The van der Waals surface area contributed by atoms with Crippen molar-refractivity contribution in [3.63, 3.8) is 0 Å². The number of nitrogens with zero attached hydrogens (tertiary/aromatic N) is 2. The van der Waals surface area contributed by atoms with Crippen LogP contribution in [0.4, 0.5) is 9.59 Å². The number of halogens is 1. The van der Waals surface area contributed by atoms with Gasteiger partial charge in [0.05, 0.1) is 130 Å². The first kappa shape index (κ1) is 91.7. The highest BCUT2D eigenvalue weighted by Gasteiger charge is 2.53. The molecule has 640 valence electrons. The number of methoxy groups -OCH3 is 5. The molecular formula is C82H101IN6O26S3. The average molecular weight is 1810 g/mol. The summed E-state index contributed by atoms with van der Waals surface area (Å²) in [6.45, 7) is 10.3. The van der Waals surface area contributed by atoms with E-state index in [-0.39, 0.29) is 129 Å². The molecule has 4 aromatic rings. The second-order valence-electron chi connectivity index (χ2n) is 28.4. The van der Waals surface area contributed by atoms with Crippen molar-refractivity contribution in [1.82, 2.24) is 31.3 Å². The Morgan fingerprint density at radius 1 is 0.763 bits per heavy atom. The average Bonchev–Trinajstić information content (AvgIpc) is 0.941. The Morgan fingerprint density at radius 3 is 2.13 bits per heavy atom. The lowest BCUT2D eigenvalue weighted by atomic mass is 9.75. The number of hydroxylamine groups is 1. The number of pyridine rings is 1. The molecule has 0 spiro atoms. The number of amides is 3. The van der Waals surface area contributed by atoms with Gasteiger partial charge in [0.2, 0.25) is 23.1 Å². The van der Waals surface area contributed by atoms with Crippen LogP contribution in [0, 0.1) is 34.2 Å².